The first kappa shape index (κ1) is 15.7. The average molecular weight is 259 g/mol. The number of methoxy groups -OCH3 is 1. The number of halogens is 1. The second kappa shape index (κ2) is 8.84. The molecule has 0 atom stereocenters. The molecule has 0 spiro atoms. The maximum atomic E-state index is 10.9. The molecule has 0 saturated carbocycles. The number of nitrogens with one attached hydrogen (secondary N) is 1. The molecular weight excluding hydrogens is 240 g/mol. The van der Waals surface area contributed by atoms with Gasteiger partial charge in [-0.05, 0) is 30.5 Å². The van der Waals surface area contributed by atoms with E-state index in [0.717, 1.165) is 18.6 Å². The molecule has 0 aliphatic carbocycles. The Balaban J connectivity index is 0.00000256. The number of rotatable bonds is 6. The van der Waals surface area contributed by atoms with E-state index in [9.17, 15) is 4.79 Å². The van der Waals surface area contributed by atoms with Gasteiger partial charge in [-0.2, -0.15) is 0 Å². The van der Waals surface area contributed by atoms with Gasteiger partial charge >= 0.3 is 0 Å². The van der Waals surface area contributed by atoms with E-state index < -0.39 is 0 Å². The predicted octanol–water partition coefficient (Wildman–Crippen LogP) is 1.12. The van der Waals surface area contributed by atoms with Gasteiger partial charge in [-0.25, -0.2) is 0 Å². The molecule has 1 rings (SSSR count). The molecule has 3 N–H and O–H groups in total. The lowest BCUT2D eigenvalue weighted by molar-refractivity contribution is -0.119. The van der Waals surface area contributed by atoms with Gasteiger partial charge in [0, 0.05) is 6.54 Å². The molecule has 0 heterocycles. The van der Waals surface area contributed by atoms with Crippen molar-refractivity contribution in [3.63, 3.8) is 0 Å². The predicted molar refractivity (Wildman–Crippen MR) is 70.6 cm³/mol. The fourth-order valence-corrected chi connectivity index (χ4v) is 1.42. The third-order valence-corrected chi connectivity index (χ3v) is 2.28. The first-order chi connectivity index (χ1) is 7.76. The highest BCUT2D eigenvalue weighted by molar-refractivity contribution is 5.85. The van der Waals surface area contributed by atoms with Gasteiger partial charge in [0.15, 0.2) is 0 Å². The molecule has 0 unspecified atom stereocenters. The molecule has 5 heteroatoms. The zero-order valence-corrected chi connectivity index (χ0v) is 10.8. The Kier molecular flexibility index (Phi) is 8.19. The lowest BCUT2D eigenvalue weighted by Gasteiger charge is -2.05. The molecule has 0 bridgehead atoms. The van der Waals surface area contributed by atoms with Crippen molar-refractivity contribution in [3.8, 4) is 5.75 Å². The summed E-state index contributed by atoms with van der Waals surface area (Å²) in [6.07, 6.45) is 1.82. The van der Waals surface area contributed by atoms with E-state index in [0.29, 0.717) is 6.54 Å². The molecule has 17 heavy (non-hydrogen) atoms. The van der Waals surface area contributed by atoms with Gasteiger partial charge in [-0.3, -0.25) is 4.79 Å². The van der Waals surface area contributed by atoms with E-state index in [1.54, 1.807) is 7.11 Å². The SMILES string of the molecule is COc1cccc(CCCNC(=O)CN)c1.Cl. The van der Waals surface area contributed by atoms with Gasteiger partial charge in [0.25, 0.3) is 0 Å². The number of hydrogen-bond donors (Lipinski definition) is 2. The summed E-state index contributed by atoms with van der Waals surface area (Å²) in [7, 11) is 1.65. The number of hydrogen-bond acceptors (Lipinski definition) is 3. The molecule has 0 aromatic heterocycles. The van der Waals surface area contributed by atoms with Crippen LogP contribution in [0.5, 0.6) is 5.75 Å². The molecule has 1 aromatic carbocycles. The maximum absolute atomic E-state index is 10.9. The largest absolute Gasteiger partial charge is 0.497 e. The molecule has 1 amide bonds. The highest BCUT2D eigenvalue weighted by Crippen LogP contribution is 2.13. The standard InChI is InChI=1S/C12H18N2O2.ClH/c1-16-11-6-2-4-10(8-11)5-3-7-14-12(15)9-13;/h2,4,6,8H,3,5,7,9,13H2,1H3,(H,14,15);1H. The molecule has 0 saturated heterocycles. The summed E-state index contributed by atoms with van der Waals surface area (Å²) in [5, 5.41) is 2.74. The topological polar surface area (TPSA) is 64.3 Å². The third-order valence-electron chi connectivity index (χ3n) is 2.28. The van der Waals surface area contributed by atoms with Gasteiger partial charge in [0.1, 0.15) is 5.75 Å². The van der Waals surface area contributed by atoms with E-state index in [4.69, 9.17) is 10.5 Å². The molecule has 0 radical (unpaired) electrons. The molecule has 0 aliphatic rings. The van der Waals surface area contributed by atoms with Crippen LogP contribution in [0.3, 0.4) is 0 Å². The van der Waals surface area contributed by atoms with Crippen LogP contribution in [0, 0.1) is 0 Å². The van der Waals surface area contributed by atoms with Crippen LogP contribution < -0.4 is 15.8 Å². The summed E-state index contributed by atoms with van der Waals surface area (Å²) in [5.41, 5.74) is 6.38. The van der Waals surface area contributed by atoms with Crippen LogP contribution in [0.25, 0.3) is 0 Å². The van der Waals surface area contributed by atoms with Crippen LogP contribution in [-0.4, -0.2) is 26.1 Å². The number of amides is 1. The number of ether oxygens (including phenoxy) is 1. The van der Waals surface area contributed by atoms with Crippen molar-refractivity contribution in [2.75, 3.05) is 20.2 Å². The summed E-state index contributed by atoms with van der Waals surface area (Å²) in [5.74, 6) is 0.758. The summed E-state index contributed by atoms with van der Waals surface area (Å²) in [6.45, 7) is 0.715. The fourth-order valence-electron chi connectivity index (χ4n) is 1.42. The third kappa shape index (κ3) is 6.14. The lowest BCUT2D eigenvalue weighted by Crippen LogP contribution is -2.31. The molecular formula is C12H19ClN2O2. The number of benzene rings is 1. The quantitative estimate of drug-likeness (QED) is 0.752. The summed E-state index contributed by atoms with van der Waals surface area (Å²) in [6, 6.07) is 7.93. The Morgan fingerprint density at radius 2 is 2.24 bits per heavy atom. The van der Waals surface area contributed by atoms with E-state index in [-0.39, 0.29) is 24.9 Å². The van der Waals surface area contributed by atoms with Crippen molar-refractivity contribution in [1.29, 1.82) is 0 Å². The number of aryl methyl sites for hydroxylation is 1. The zero-order chi connectivity index (χ0) is 11.8. The van der Waals surface area contributed by atoms with Crippen LogP contribution in [0.1, 0.15) is 12.0 Å². The van der Waals surface area contributed by atoms with Crippen LogP contribution in [0.2, 0.25) is 0 Å². The Bertz CT molecular complexity index is 345. The van der Waals surface area contributed by atoms with Crippen molar-refractivity contribution in [2.24, 2.45) is 5.73 Å². The monoisotopic (exact) mass is 258 g/mol. The Hall–Kier alpha value is -1.26. The summed E-state index contributed by atoms with van der Waals surface area (Å²) < 4.78 is 5.13. The number of nitrogens with two attached hydrogens (primary N) is 1. The van der Waals surface area contributed by atoms with Gasteiger partial charge < -0.3 is 15.8 Å². The second-order valence-corrected chi connectivity index (χ2v) is 3.51. The first-order valence-electron chi connectivity index (χ1n) is 5.36. The summed E-state index contributed by atoms with van der Waals surface area (Å²) in [4.78, 5) is 10.9. The maximum Gasteiger partial charge on any atom is 0.233 e. The van der Waals surface area contributed by atoms with Gasteiger partial charge in [0.2, 0.25) is 5.91 Å². The normalized spacial score (nSPS) is 9.29. The number of carbonyl (C=O) groups is 1. The van der Waals surface area contributed by atoms with Crippen molar-refractivity contribution in [2.45, 2.75) is 12.8 Å². The molecule has 0 aliphatic heterocycles. The van der Waals surface area contributed by atoms with E-state index in [2.05, 4.69) is 5.32 Å². The molecule has 0 fully saturated rings. The fraction of sp³-hybridized carbons (Fsp3) is 0.417. The van der Waals surface area contributed by atoms with Gasteiger partial charge in [0.05, 0.1) is 13.7 Å². The van der Waals surface area contributed by atoms with Crippen molar-refractivity contribution >= 4 is 18.3 Å². The highest BCUT2D eigenvalue weighted by Gasteiger charge is 1.98. The molecule has 4 nitrogen and oxygen atoms in total. The Morgan fingerprint density at radius 3 is 2.88 bits per heavy atom. The van der Waals surface area contributed by atoms with Gasteiger partial charge in [-0.1, -0.05) is 12.1 Å². The highest BCUT2D eigenvalue weighted by atomic mass is 35.5. The van der Waals surface area contributed by atoms with Crippen molar-refractivity contribution in [3.05, 3.63) is 29.8 Å². The van der Waals surface area contributed by atoms with Crippen LogP contribution in [0.15, 0.2) is 24.3 Å². The Morgan fingerprint density at radius 1 is 1.47 bits per heavy atom. The molecule has 96 valence electrons. The zero-order valence-electron chi connectivity index (χ0n) is 9.94. The van der Waals surface area contributed by atoms with E-state index in [1.165, 1.54) is 5.56 Å². The van der Waals surface area contributed by atoms with Crippen molar-refractivity contribution < 1.29 is 9.53 Å². The minimum Gasteiger partial charge on any atom is -0.497 e. The average Bonchev–Trinajstić information content (AvgIpc) is 2.34. The van der Waals surface area contributed by atoms with E-state index >= 15 is 0 Å². The first-order valence-corrected chi connectivity index (χ1v) is 5.36. The van der Waals surface area contributed by atoms with Gasteiger partial charge in [-0.15, -0.1) is 12.4 Å². The van der Waals surface area contributed by atoms with E-state index in [1.807, 2.05) is 24.3 Å². The summed E-state index contributed by atoms with van der Waals surface area (Å²) >= 11 is 0. The smallest absolute Gasteiger partial charge is 0.233 e. The molecule has 1 aromatic rings. The minimum atomic E-state index is -0.106. The number of carbonyl (C=O) groups excluding carboxylic acids is 1. The van der Waals surface area contributed by atoms with Crippen molar-refractivity contribution in [1.82, 2.24) is 5.32 Å². The van der Waals surface area contributed by atoms with Crippen LogP contribution in [-0.2, 0) is 11.2 Å². The second-order valence-electron chi connectivity index (χ2n) is 3.51. The minimum absolute atomic E-state index is 0. The lowest BCUT2D eigenvalue weighted by atomic mass is 10.1. The van der Waals surface area contributed by atoms with Crippen LogP contribution >= 0.6 is 12.4 Å². The van der Waals surface area contributed by atoms with Crippen LogP contribution in [0.4, 0.5) is 0 Å². The Labute approximate surface area is 108 Å².